The van der Waals surface area contributed by atoms with E-state index in [0.717, 1.165) is 25.8 Å². The Labute approximate surface area is 143 Å². The van der Waals surface area contributed by atoms with Crippen LogP contribution in [0.1, 0.15) is 18.4 Å². The fraction of sp³-hybridized carbons (Fsp3) is 0.368. The average molecular weight is 345 g/mol. The molecule has 128 valence electrons. The molecule has 1 fully saturated rings. The summed E-state index contributed by atoms with van der Waals surface area (Å²) in [5.41, 5.74) is 1.36. The van der Waals surface area contributed by atoms with Crippen LogP contribution >= 0.6 is 0 Å². The standard InChI is InChI=1S/C19H23NO3S/c21-17-9-11-18(12-10-17)24(22,23)19-14-20(15-19)13-5-4-8-16-6-2-1-3-7-16/h1-3,6-7,9-12,19,21H,4-5,8,13-15H2. The van der Waals surface area contributed by atoms with Crippen LogP contribution < -0.4 is 0 Å². The van der Waals surface area contributed by atoms with Crippen LogP contribution in [0.3, 0.4) is 0 Å². The molecule has 4 nitrogen and oxygen atoms in total. The minimum absolute atomic E-state index is 0.0857. The Kier molecular flexibility index (Phi) is 5.21. The van der Waals surface area contributed by atoms with E-state index in [4.69, 9.17) is 0 Å². The minimum Gasteiger partial charge on any atom is -0.508 e. The molecule has 0 saturated carbocycles. The van der Waals surface area contributed by atoms with Gasteiger partial charge in [0.05, 0.1) is 10.1 Å². The van der Waals surface area contributed by atoms with Gasteiger partial charge in [0.2, 0.25) is 0 Å². The first-order valence-corrected chi connectivity index (χ1v) is 9.89. The number of nitrogens with zero attached hydrogens (tertiary/aromatic N) is 1. The van der Waals surface area contributed by atoms with Gasteiger partial charge in [0.25, 0.3) is 0 Å². The van der Waals surface area contributed by atoms with Gasteiger partial charge in [-0.1, -0.05) is 30.3 Å². The van der Waals surface area contributed by atoms with Crippen LogP contribution in [0, 0.1) is 0 Å². The van der Waals surface area contributed by atoms with Crippen LogP contribution in [0.15, 0.2) is 59.5 Å². The smallest absolute Gasteiger partial charge is 0.183 e. The van der Waals surface area contributed by atoms with E-state index in [9.17, 15) is 13.5 Å². The topological polar surface area (TPSA) is 57.6 Å². The van der Waals surface area contributed by atoms with E-state index in [1.165, 1.54) is 29.8 Å². The van der Waals surface area contributed by atoms with Gasteiger partial charge in [0.15, 0.2) is 9.84 Å². The molecular formula is C19H23NO3S. The molecule has 0 radical (unpaired) electrons. The van der Waals surface area contributed by atoms with Crippen LogP contribution in [0.25, 0.3) is 0 Å². The van der Waals surface area contributed by atoms with E-state index in [1.807, 2.05) is 6.07 Å². The lowest BCUT2D eigenvalue weighted by molar-refractivity contribution is 0.181. The Hall–Kier alpha value is -1.85. The van der Waals surface area contributed by atoms with Crippen molar-refractivity contribution in [1.82, 2.24) is 4.90 Å². The van der Waals surface area contributed by atoms with Gasteiger partial charge < -0.3 is 10.0 Å². The van der Waals surface area contributed by atoms with Gasteiger partial charge in [0.1, 0.15) is 5.75 Å². The molecule has 0 aromatic heterocycles. The number of hydrogen-bond acceptors (Lipinski definition) is 4. The second kappa shape index (κ2) is 7.36. The second-order valence-corrected chi connectivity index (χ2v) is 8.59. The lowest BCUT2D eigenvalue weighted by Gasteiger charge is -2.38. The van der Waals surface area contributed by atoms with Gasteiger partial charge in [-0.3, -0.25) is 0 Å². The third-order valence-corrected chi connectivity index (χ3v) is 6.67. The number of phenols is 1. The van der Waals surface area contributed by atoms with Gasteiger partial charge in [-0.15, -0.1) is 0 Å². The molecule has 0 atom stereocenters. The van der Waals surface area contributed by atoms with E-state index >= 15 is 0 Å². The number of likely N-dealkylation sites (tertiary alicyclic amines) is 1. The molecule has 0 spiro atoms. The Morgan fingerprint density at radius 2 is 1.62 bits per heavy atom. The molecule has 1 heterocycles. The van der Waals surface area contributed by atoms with Crippen LogP contribution in [0.5, 0.6) is 5.75 Å². The van der Waals surface area contributed by atoms with Gasteiger partial charge in [-0.2, -0.15) is 0 Å². The first-order chi connectivity index (χ1) is 11.6. The lowest BCUT2D eigenvalue weighted by atomic mass is 10.1. The highest BCUT2D eigenvalue weighted by Crippen LogP contribution is 2.25. The number of hydrogen-bond donors (Lipinski definition) is 1. The van der Waals surface area contributed by atoms with Crippen molar-refractivity contribution in [3.8, 4) is 5.75 Å². The van der Waals surface area contributed by atoms with Gasteiger partial charge in [0, 0.05) is 13.1 Å². The van der Waals surface area contributed by atoms with E-state index in [1.54, 1.807) is 0 Å². The van der Waals surface area contributed by atoms with Crippen LogP contribution in [0.2, 0.25) is 0 Å². The SMILES string of the molecule is O=S(=O)(c1ccc(O)cc1)C1CN(CCCCc2ccccc2)C1. The zero-order valence-electron chi connectivity index (χ0n) is 13.6. The van der Waals surface area contributed by atoms with E-state index in [2.05, 4.69) is 29.2 Å². The molecule has 1 N–H and O–H groups in total. The molecule has 0 amide bonds. The first-order valence-electron chi connectivity index (χ1n) is 8.35. The number of rotatable bonds is 7. The Balaban J connectivity index is 1.41. The zero-order valence-corrected chi connectivity index (χ0v) is 14.5. The van der Waals surface area contributed by atoms with E-state index in [0.29, 0.717) is 18.0 Å². The van der Waals surface area contributed by atoms with Crippen molar-refractivity contribution in [1.29, 1.82) is 0 Å². The van der Waals surface area contributed by atoms with Gasteiger partial charge >= 0.3 is 0 Å². The number of phenolic OH excluding ortho intramolecular Hbond substituents is 1. The normalized spacial score (nSPS) is 16.0. The first kappa shape index (κ1) is 17.0. The van der Waals surface area contributed by atoms with Crippen LogP contribution in [-0.4, -0.2) is 43.3 Å². The Bertz CT molecular complexity index is 751. The number of aryl methyl sites for hydroxylation is 1. The molecule has 1 saturated heterocycles. The fourth-order valence-electron chi connectivity index (χ4n) is 3.04. The summed E-state index contributed by atoms with van der Waals surface area (Å²) in [5, 5.41) is 8.95. The van der Waals surface area contributed by atoms with Crippen molar-refractivity contribution in [3.63, 3.8) is 0 Å². The molecule has 0 aliphatic carbocycles. The third kappa shape index (κ3) is 3.97. The van der Waals surface area contributed by atoms with Crippen molar-refractivity contribution < 1.29 is 13.5 Å². The molecule has 5 heteroatoms. The number of benzene rings is 2. The molecule has 1 aliphatic heterocycles. The van der Waals surface area contributed by atoms with Crippen molar-refractivity contribution in [3.05, 3.63) is 60.2 Å². The lowest BCUT2D eigenvalue weighted by Crippen LogP contribution is -2.54. The summed E-state index contributed by atoms with van der Waals surface area (Å²) in [5.74, 6) is 0.0857. The maximum atomic E-state index is 12.5. The fourth-order valence-corrected chi connectivity index (χ4v) is 4.75. The number of unbranched alkanes of at least 4 members (excludes halogenated alkanes) is 1. The molecule has 0 bridgehead atoms. The third-order valence-electron chi connectivity index (χ3n) is 4.56. The molecule has 1 aliphatic rings. The highest BCUT2D eigenvalue weighted by atomic mass is 32.2. The monoisotopic (exact) mass is 345 g/mol. The van der Waals surface area contributed by atoms with Crippen molar-refractivity contribution in [2.45, 2.75) is 29.4 Å². The molecule has 0 unspecified atom stereocenters. The minimum atomic E-state index is -3.28. The predicted molar refractivity (Wildman–Crippen MR) is 94.9 cm³/mol. The second-order valence-electron chi connectivity index (χ2n) is 6.36. The summed E-state index contributed by atoms with van der Waals surface area (Å²) < 4.78 is 25.0. The Morgan fingerprint density at radius 3 is 2.29 bits per heavy atom. The summed E-state index contributed by atoms with van der Waals surface area (Å²) in [6, 6.07) is 16.2. The maximum absolute atomic E-state index is 12.5. The van der Waals surface area contributed by atoms with Gasteiger partial charge in [-0.05, 0) is 55.6 Å². The van der Waals surface area contributed by atoms with Crippen LogP contribution in [0.4, 0.5) is 0 Å². The van der Waals surface area contributed by atoms with Gasteiger partial charge in [-0.25, -0.2) is 8.42 Å². The molecule has 2 aromatic rings. The van der Waals surface area contributed by atoms with Crippen molar-refractivity contribution >= 4 is 9.84 Å². The molecule has 24 heavy (non-hydrogen) atoms. The van der Waals surface area contributed by atoms with Crippen LogP contribution in [-0.2, 0) is 16.3 Å². The molecule has 2 aromatic carbocycles. The Morgan fingerprint density at radius 1 is 0.958 bits per heavy atom. The predicted octanol–water partition coefficient (Wildman–Crippen LogP) is 2.87. The number of aromatic hydroxyl groups is 1. The molecular weight excluding hydrogens is 322 g/mol. The maximum Gasteiger partial charge on any atom is 0.183 e. The summed E-state index contributed by atoms with van der Waals surface area (Å²) in [6.45, 7) is 2.16. The molecule has 3 rings (SSSR count). The summed E-state index contributed by atoms with van der Waals surface area (Å²) in [7, 11) is -3.28. The van der Waals surface area contributed by atoms with E-state index < -0.39 is 9.84 Å². The zero-order chi connectivity index (χ0) is 17.0. The van der Waals surface area contributed by atoms with E-state index in [-0.39, 0.29) is 11.0 Å². The highest BCUT2D eigenvalue weighted by Gasteiger charge is 2.37. The largest absolute Gasteiger partial charge is 0.508 e. The summed E-state index contributed by atoms with van der Waals surface area (Å²) in [4.78, 5) is 2.50. The number of sulfone groups is 1. The van der Waals surface area contributed by atoms with Crippen molar-refractivity contribution in [2.75, 3.05) is 19.6 Å². The summed E-state index contributed by atoms with van der Waals surface area (Å²) in [6.07, 6.45) is 3.28. The van der Waals surface area contributed by atoms with Crippen molar-refractivity contribution in [2.24, 2.45) is 0 Å². The summed E-state index contributed by atoms with van der Waals surface area (Å²) >= 11 is 0. The average Bonchev–Trinajstić information content (AvgIpc) is 2.54. The quantitative estimate of drug-likeness (QED) is 0.784. The highest BCUT2D eigenvalue weighted by molar-refractivity contribution is 7.92.